The van der Waals surface area contributed by atoms with Crippen LogP contribution in [0.2, 0.25) is 0 Å². The molecule has 1 aromatic heterocycles. The lowest BCUT2D eigenvalue weighted by atomic mass is 9.97. The molecule has 1 heterocycles. The molecule has 0 radical (unpaired) electrons. The highest BCUT2D eigenvalue weighted by atomic mass is 19.1. The van der Waals surface area contributed by atoms with Crippen LogP contribution in [0, 0.1) is 31.0 Å². The lowest BCUT2D eigenvalue weighted by molar-refractivity contribution is 0.628. The van der Waals surface area contributed by atoms with Crippen LogP contribution in [-0.2, 0) is 0 Å². The summed E-state index contributed by atoms with van der Waals surface area (Å²) in [7, 11) is 0. The highest BCUT2D eigenvalue weighted by Gasteiger charge is 2.14. The number of aryl methyl sites for hydroxylation is 2. The van der Waals surface area contributed by atoms with Gasteiger partial charge in [0.05, 0.1) is 0 Å². The van der Waals surface area contributed by atoms with Crippen molar-refractivity contribution in [3.05, 3.63) is 81.4 Å². The van der Waals surface area contributed by atoms with E-state index in [1.54, 1.807) is 18.2 Å². The topological polar surface area (TPSA) is 56.6 Å². The summed E-state index contributed by atoms with van der Waals surface area (Å²) in [6.07, 6.45) is 0. The predicted octanol–water partition coefficient (Wildman–Crippen LogP) is 4.34. The van der Waals surface area contributed by atoms with Crippen LogP contribution in [-0.4, -0.2) is 4.98 Å². The van der Waals surface area contributed by atoms with Gasteiger partial charge in [-0.1, -0.05) is 35.9 Å². The standard InChI is InChI=1S/C20H15FN2O/c1-12-6-7-16(13(2)8-12)19-10-17(18(11-22)20(24)23-19)14-4-3-5-15(21)9-14/h3-10H,1-2H3,(H,23,24). The summed E-state index contributed by atoms with van der Waals surface area (Å²) < 4.78 is 13.6. The number of hydrogen-bond acceptors (Lipinski definition) is 2. The van der Waals surface area contributed by atoms with Crippen LogP contribution >= 0.6 is 0 Å². The Kier molecular flexibility index (Phi) is 4.01. The Morgan fingerprint density at radius 1 is 1.04 bits per heavy atom. The number of pyridine rings is 1. The normalized spacial score (nSPS) is 10.4. The minimum Gasteiger partial charge on any atom is -0.321 e. The molecule has 3 nitrogen and oxygen atoms in total. The Hall–Kier alpha value is -3.19. The highest BCUT2D eigenvalue weighted by Crippen LogP contribution is 2.28. The summed E-state index contributed by atoms with van der Waals surface area (Å²) in [4.78, 5) is 15.1. The zero-order valence-electron chi connectivity index (χ0n) is 13.4. The Bertz CT molecular complexity index is 1030. The molecule has 0 saturated heterocycles. The molecule has 0 atom stereocenters. The van der Waals surface area contributed by atoms with E-state index in [4.69, 9.17) is 0 Å². The second-order valence-electron chi connectivity index (χ2n) is 5.74. The number of aromatic amines is 1. The first-order valence-corrected chi connectivity index (χ1v) is 7.50. The molecule has 3 aromatic rings. The van der Waals surface area contributed by atoms with E-state index in [0.29, 0.717) is 16.8 Å². The average Bonchev–Trinajstić information content (AvgIpc) is 2.54. The van der Waals surface area contributed by atoms with E-state index in [0.717, 1.165) is 16.7 Å². The maximum absolute atomic E-state index is 13.6. The SMILES string of the molecule is Cc1ccc(-c2cc(-c3cccc(F)c3)c(C#N)c(=O)[nH]2)c(C)c1. The first-order chi connectivity index (χ1) is 11.5. The summed E-state index contributed by atoms with van der Waals surface area (Å²) in [6, 6.07) is 15.4. The lowest BCUT2D eigenvalue weighted by Gasteiger charge is -2.11. The molecule has 118 valence electrons. The van der Waals surface area contributed by atoms with Crippen molar-refractivity contribution in [2.24, 2.45) is 0 Å². The largest absolute Gasteiger partial charge is 0.321 e. The first kappa shape index (κ1) is 15.7. The van der Waals surface area contributed by atoms with Gasteiger partial charge in [-0.25, -0.2) is 4.39 Å². The van der Waals surface area contributed by atoms with Gasteiger partial charge in [0.25, 0.3) is 5.56 Å². The third-order valence-electron chi connectivity index (χ3n) is 3.95. The fraction of sp³-hybridized carbons (Fsp3) is 0.100. The van der Waals surface area contributed by atoms with Crippen LogP contribution in [0.3, 0.4) is 0 Å². The van der Waals surface area contributed by atoms with Crippen molar-refractivity contribution in [3.8, 4) is 28.5 Å². The molecule has 0 bridgehead atoms. The third kappa shape index (κ3) is 2.84. The van der Waals surface area contributed by atoms with Crippen molar-refractivity contribution in [1.29, 1.82) is 5.26 Å². The van der Waals surface area contributed by atoms with Gasteiger partial charge in [0.15, 0.2) is 0 Å². The maximum atomic E-state index is 13.6. The quantitative estimate of drug-likeness (QED) is 0.764. The van der Waals surface area contributed by atoms with Crippen LogP contribution in [0.25, 0.3) is 22.4 Å². The van der Waals surface area contributed by atoms with Crippen LogP contribution in [0.1, 0.15) is 16.7 Å². The van der Waals surface area contributed by atoms with E-state index in [9.17, 15) is 14.4 Å². The number of nitrogens with zero attached hydrogens (tertiary/aromatic N) is 1. The fourth-order valence-corrected chi connectivity index (χ4v) is 2.82. The second kappa shape index (κ2) is 6.13. The highest BCUT2D eigenvalue weighted by molar-refractivity contribution is 5.76. The van der Waals surface area contributed by atoms with Crippen LogP contribution in [0.5, 0.6) is 0 Å². The Labute approximate surface area is 139 Å². The van der Waals surface area contributed by atoms with Crippen LogP contribution < -0.4 is 5.56 Å². The maximum Gasteiger partial charge on any atom is 0.266 e. The Morgan fingerprint density at radius 3 is 2.50 bits per heavy atom. The minimum atomic E-state index is -0.478. The van der Waals surface area contributed by atoms with Crippen molar-refractivity contribution in [3.63, 3.8) is 0 Å². The number of benzene rings is 2. The molecular formula is C20H15FN2O. The number of hydrogen-bond donors (Lipinski definition) is 1. The molecule has 1 N–H and O–H groups in total. The van der Waals surface area contributed by atoms with Gasteiger partial charge in [0, 0.05) is 16.8 Å². The second-order valence-corrected chi connectivity index (χ2v) is 5.74. The van der Waals surface area contributed by atoms with E-state index in [2.05, 4.69) is 4.98 Å². The summed E-state index contributed by atoms with van der Waals surface area (Å²) in [5.74, 6) is -0.412. The molecule has 4 heteroatoms. The molecule has 0 aliphatic heterocycles. The smallest absolute Gasteiger partial charge is 0.266 e. The molecule has 0 amide bonds. The monoisotopic (exact) mass is 318 g/mol. The molecule has 0 aliphatic rings. The number of H-pyrrole nitrogens is 1. The van der Waals surface area contributed by atoms with E-state index in [-0.39, 0.29) is 5.56 Å². The predicted molar refractivity (Wildman–Crippen MR) is 92.1 cm³/mol. The number of rotatable bonds is 2. The summed E-state index contributed by atoms with van der Waals surface area (Å²) in [6.45, 7) is 3.96. The summed E-state index contributed by atoms with van der Waals surface area (Å²) >= 11 is 0. The molecule has 0 unspecified atom stereocenters. The lowest BCUT2D eigenvalue weighted by Crippen LogP contribution is -2.13. The van der Waals surface area contributed by atoms with E-state index in [1.165, 1.54) is 12.1 Å². The van der Waals surface area contributed by atoms with Gasteiger partial charge < -0.3 is 4.98 Å². The molecule has 0 fully saturated rings. The molecule has 0 aliphatic carbocycles. The van der Waals surface area contributed by atoms with Crippen molar-refractivity contribution in [2.45, 2.75) is 13.8 Å². The van der Waals surface area contributed by atoms with Gasteiger partial charge in [-0.2, -0.15) is 5.26 Å². The van der Waals surface area contributed by atoms with Gasteiger partial charge in [0.1, 0.15) is 17.4 Å². The zero-order valence-corrected chi connectivity index (χ0v) is 13.4. The van der Waals surface area contributed by atoms with Crippen molar-refractivity contribution < 1.29 is 4.39 Å². The van der Waals surface area contributed by atoms with Gasteiger partial charge in [-0.15, -0.1) is 0 Å². The van der Waals surface area contributed by atoms with Crippen LogP contribution in [0.4, 0.5) is 4.39 Å². The van der Waals surface area contributed by atoms with E-state index < -0.39 is 11.4 Å². The third-order valence-corrected chi connectivity index (χ3v) is 3.95. The van der Waals surface area contributed by atoms with Gasteiger partial charge in [-0.3, -0.25) is 4.79 Å². The first-order valence-electron chi connectivity index (χ1n) is 7.50. The Morgan fingerprint density at radius 2 is 1.83 bits per heavy atom. The molecule has 24 heavy (non-hydrogen) atoms. The molecule has 0 saturated carbocycles. The molecule has 2 aromatic carbocycles. The van der Waals surface area contributed by atoms with Gasteiger partial charge in [0.2, 0.25) is 0 Å². The van der Waals surface area contributed by atoms with Gasteiger partial charge in [-0.05, 0) is 43.2 Å². The Balaban J connectivity index is 2.28. The summed E-state index contributed by atoms with van der Waals surface area (Å²) in [5.41, 5.74) is 4.05. The number of aromatic nitrogens is 1. The number of nitriles is 1. The minimum absolute atomic E-state index is 0.0193. The average molecular weight is 318 g/mol. The van der Waals surface area contributed by atoms with E-state index in [1.807, 2.05) is 38.1 Å². The van der Waals surface area contributed by atoms with Crippen molar-refractivity contribution in [1.82, 2.24) is 4.98 Å². The van der Waals surface area contributed by atoms with Gasteiger partial charge >= 0.3 is 0 Å². The van der Waals surface area contributed by atoms with E-state index >= 15 is 0 Å². The molecule has 0 spiro atoms. The van der Waals surface area contributed by atoms with Crippen LogP contribution in [0.15, 0.2) is 53.3 Å². The summed E-state index contributed by atoms with van der Waals surface area (Å²) in [5, 5.41) is 9.32. The number of nitrogens with one attached hydrogen (secondary N) is 1. The van der Waals surface area contributed by atoms with Crippen molar-refractivity contribution in [2.75, 3.05) is 0 Å². The zero-order chi connectivity index (χ0) is 17.3. The number of halogens is 1. The van der Waals surface area contributed by atoms with Crippen molar-refractivity contribution >= 4 is 0 Å². The fourth-order valence-electron chi connectivity index (χ4n) is 2.82. The molecule has 3 rings (SSSR count). The molecular weight excluding hydrogens is 303 g/mol.